The van der Waals surface area contributed by atoms with Gasteiger partial charge in [-0.2, -0.15) is 0 Å². The van der Waals surface area contributed by atoms with E-state index in [2.05, 4.69) is 21.2 Å². The molecule has 0 aliphatic rings. The van der Waals surface area contributed by atoms with Crippen molar-refractivity contribution in [1.82, 2.24) is 0 Å². The zero-order chi connectivity index (χ0) is 15.6. The Labute approximate surface area is 134 Å². The number of nitrogens with one attached hydrogen (secondary N) is 1. The molecule has 0 spiro atoms. The van der Waals surface area contributed by atoms with E-state index in [1.807, 2.05) is 0 Å². The van der Waals surface area contributed by atoms with Gasteiger partial charge in [-0.05, 0) is 58.2 Å². The summed E-state index contributed by atoms with van der Waals surface area (Å²) in [6, 6.07) is 8.30. The first-order valence-corrected chi connectivity index (χ1v) is 7.26. The summed E-state index contributed by atoms with van der Waals surface area (Å²) in [6.45, 7) is 1.62. The van der Waals surface area contributed by atoms with Crippen LogP contribution in [-0.4, -0.2) is 11.1 Å². The van der Waals surface area contributed by atoms with E-state index in [-0.39, 0.29) is 0 Å². The molecule has 0 saturated carbocycles. The number of hydrogen-bond donors (Lipinski definition) is 2. The Morgan fingerprint density at radius 1 is 1.33 bits per heavy atom. The Morgan fingerprint density at radius 2 is 2.05 bits per heavy atom. The Kier molecular flexibility index (Phi) is 4.85. The summed E-state index contributed by atoms with van der Waals surface area (Å²) >= 11 is 9.17. The highest BCUT2D eigenvalue weighted by molar-refractivity contribution is 9.10. The van der Waals surface area contributed by atoms with Crippen molar-refractivity contribution in [2.75, 3.05) is 5.32 Å². The topological polar surface area (TPSA) is 49.3 Å². The third kappa shape index (κ3) is 3.74. The molecule has 0 fully saturated rings. The minimum Gasteiger partial charge on any atom is -0.479 e. The van der Waals surface area contributed by atoms with Crippen LogP contribution >= 0.6 is 27.5 Å². The highest BCUT2D eigenvalue weighted by Gasteiger charge is 2.20. The summed E-state index contributed by atoms with van der Waals surface area (Å²) in [5.74, 6) is -1.53. The second-order valence-corrected chi connectivity index (χ2v) is 5.81. The fourth-order valence-corrected chi connectivity index (χ4v) is 2.33. The van der Waals surface area contributed by atoms with Crippen molar-refractivity contribution in [2.24, 2.45) is 0 Å². The van der Waals surface area contributed by atoms with E-state index in [1.54, 1.807) is 37.3 Å². The van der Waals surface area contributed by atoms with Gasteiger partial charge in [0.25, 0.3) is 0 Å². The molecule has 2 aromatic rings. The average Bonchev–Trinajstić information content (AvgIpc) is 2.43. The zero-order valence-electron chi connectivity index (χ0n) is 11.0. The van der Waals surface area contributed by atoms with Gasteiger partial charge in [-0.15, -0.1) is 0 Å². The minimum absolute atomic E-state index is 0.344. The van der Waals surface area contributed by atoms with Crippen molar-refractivity contribution in [1.29, 1.82) is 0 Å². The van der Waals surface area contributed by atoms with Gasteiger partial charge in [0, 0.05) is 10.2 Å². The molecule has 3 nitrogen and oxygen atoms in total. The number of aliphatic carboxylic acids is 1. The highest BCUT2D eigenvalue weighted by atomic mass is 79.9. The lowest BCUT2D eigenvalue weighted by Crippen LogP contribution is -2.20. The summed E-state index contributed by atoms with van der Waals surface area (Å²) in [5.41, 5.74) is 1.38. The second kappa shape index (κ2) is 6.45. The van der Waals surface area contributed by atoms with Crippen LogP contribution in [0.1, 0.15) is 17.2 Å². The minimum atomic E-state index is -1.09. The van der Waals surface area contributed by atoms with Crippen LogP contribution in [0.3, 0.4) is 0 Å². The zero-order valence-corrected chi connectivity index (χ0v) is 13.4. The van der Waals surface area contributed by atoms with Gasteiger partial charge in [-0.25, -0.2) is 9.18 Å². The van der Waals surface area contributed by atoms with E-state index in [0.717, 1.165) is 0 Å². The van der Waals surface area contributed by atoms with E-state index in [4.69, 9.17) is 11.6 Å². The van der Waals surface area contributed by atoms with Crippen LogP contribution in [0.25, 0.3) is 0 Å². The molecule has 0 radical (unpaired) electrons. The third-order valence-corrected chi connectivity index (χ3v) is 4.22. The van der Waals surface area contributed by atoms with Crippen molar-refractivity contribution < 1.29 is 14.3 Å². The Bertz CT molecular complexity index is 693. The average molecular weight is 373 g/mol. The van der Waals surface area contributed by atoms with E-state index < -0.39 is 17.8 Å². The molecular weight excluding hydrogens is 361 g/mol. The normalized spacial score (nSPS) is 12.0. The number of aryl methyl sites for hydroxylation is 1. The summed E-state index contributed by atoms with van der Waals surface area (Å²) in [6.07, 6.45) is 0. The smallest absolute Gasteiger partial charge is 0.330 e. The van der Waals surface area contributed by atoms with Gasteiger partial charge in [0.15, 0.2) is 6.04 Å². The SMILES string of the molecule is Cc1ccc(C(Nc2ccc(Cl)c(Br)c2)C(=O)O)cc1F. The van der Waals surface area contributed by atoms with Gasteiger partial charge in [0.1, 0.15) is 5.82 Å². The summed E-state index contributed by atoms with van der Waals surface area (Å²) in [7, 11) is 0. The second-order valence-electron chi connectivity index (χ2n) is 4.55. The van der Waals surface area contributed by atoms with Gasteiger partial charge in [-0.3, -0.25) is 0 Å². The van der Waals surface area contributed by atoms with Crippen LogP contribution in [0, 0.1) is 12.7 Å². The first-order chi connectivity index (χ1) is 9.88. The lowest BCUT2D eigenvalue weighted by Gasteiger charge is -2.17. The van der Waals surface area contributed by atoms with Crippen LogP contribution in [0.4, 0.5) is 10.1 Å². The molecule has 0 aliphatic carbocycles. The first kappa shape index (κ1) is 15.8. The molecule has 6 heteroatoms. The van der Waals surface area contributed by atoms with Crippen molar-refractivity contribution in [3.8, 4) is 0 Å². The predicted molar refractivity (Wildman–Crippen MR) is 84.3 cm³/mol. The molecule has 2 aromatic carbocycles. The lowest BCUT2D eigenvalue weighted by atomic mass is 10.0. The maximum Gasteiger partial charge on any atom is 0.330 e. The predicted octanol–water partition coefficient (Wildman–Crippen LogP) is 4.79. The van der Waals surface area contributed by atoms with E-state index in [0.29, 0.717) is 26.3 Å². The standard InChI is InChI=1S/C15H12BrClFNO2/c1-8-2-3-9(6-13(8)18)14(15(20)21)19-10-4-5-12(17)11(16)7-10/h2-7,14,19H,1H3,(H,20,21). The van der Waals surface area contributed by atoms with Gasteiger partial charge in [0.05, 0.1) is 5.02 Å². The maximum absolute atomic E-state index is 13.6. The van der Waals surface area contributed by atoms with Crippen molar-refractivity contribution >= 4 is 39.2 Å². The quantitative estimate of drug-likeness (QED) is 0.811. The molecule has 0 saturated heterocycles. The number of carbonyl (C=O) groups is 1. The van der Waals surface area contributed by atoms with Gasteiger partial charge in [0.2, 0.25) is 0 Å². The number of benzene rings is 2. The number of rotatable bonds is 4. The van der Waals surface area contributed by atoms with Crippen molar-refractivity contribution in [3.05, 3.63) is 62.8 Å². The van der Waals surface area contributed by atoms with E-state index in [9.17, 15) is 14.3 Å². The molecule has 0 bridgehead atoms. The molecule has 0 aromatic heterocycles. The lowest BCUT2D eigenvalue weighted by molar-refractivity contribution is -0.138. The molecule has 0 aliphatic heterocycles. The van der Waals surface area contributed by atoms with E-state index in [1.165, 1.54) is 6.07 Å². The molecule has 1 unspecified atom stereocenters. The van der Waals surface area contributed by atoms with Gasteiger partial charge in [-0.1, -0.05) is 23.7 Å². The van der Waals surface area contributed by atoms with Crippen LogP contribution < -0.4 is 5.32 Å². The molecule has 0 heterocycles. The van der Waals surface area contributed by atoms with E-state index >= 15 is 0 Å². The number of carboxylic acids is 1. The molecule has 2 rings (SSSR count). The molecular formula is C15H12BrClFNO2. The van der Waals surface area contributed by atoms with Crippen LogP contribution in [-0.2, 0) is 4.79 Å². The van der Waals surface area contributed by atoms with Crippen molar-refractivity contribution in [3.63, 3.8) is 0 Å². The van der Waals surface area contributed by atoms with Crippen LogP contribution in [0.5, 0.6) is 0 Å². The molecule has 1 atom stereocenters. The Morgan fingerprint density at radius 3 is 2.62 bits per heavy atom. The maximum atomic E-state index is 13.6. The third-order valence-electron chi connectivity index (χ3n) is 3.01. The van der Waals surface area contributed by atoms with Crippen LogP contribution in [0.2, 0.25) is 5.02 Å². The van der Waals surface area contributed by atoms with Gasteiger partial charge >= 0.3 is 5.97 Å². The number of carboxylic acid groups (broad SMARTS) is 1. The Hall–Kier alpha value is -1.59. The largest absolute Gasteiger partial charge is 0.479 e. The van der Waals surface area contributed by atoms with Gasteiger partial charge < -0.3 is 10.4 Å². The first-order valence-electron chi connectivity index (χ1n) is 6.09. The number of halogens is 3. The number of anilines is 1. The molecule has 110 valence electrons. The summed E-state index contributed by atoms with van der Waals surface area (Å²) in [4.78, 5) is 11.4. The van der Waals surface area contributed by atoms with Crippen molar-refractivity contribution in [2.45, 2.75) is 13.0 Å². The fourth-order valence-electron chi connectivity index (χ4n) is 1.83. The molecule has 0 amide bonds. The molecule has 21 heavy (non-hydrogen) atoms. The molecule has 2 N–H and O–H groups in total. The summed E-state index contributed by atoms with van der Waals surface area (Å²) in [5, 5.41) is 12.7. The van der Waals surface area contributed by atoms with Crippen LogP contribution in [0.15, 0.2) is 40.9 Å². The highest BCUT2D eigenvalue weighted by Crippen LogP contribution is 2.28. The summed E-state index contributed by atoms with van der Waals surface area (Å²) < 4.78 is 14.3. The fraction of sp³-hybridized carbons (Fsp3) is 0.133. The Balaban J connectivity index is 2.32. The number of hydrogen-bond acceptors (Lipinski definition) is 2. The monoisotopic (exact) mass is 371 g/mol.